The first-order valence-electron chi connectivity index (χ1n) is 12.6. The molecule has 0 fully saturated rings. The van der Waals surface area contributed by atoms with E-state index in [4.69, 9.17) is 18.3 Å². The van der Waals surface area contributed by atoms with Gasteiger partial charge < -0.3 is 18.3 Å². The largest absolute Gasteiger partial charge is 0.496 e. The van der Waals surface area contributed by atoms with Crippen LogP contribution in [0.4, 0.5) is 0 Å². The average Bonchev–Trinajstić information content (AvgIpc) is 3.30. The Kier molecular flexibility index (Phi) is 10.2. The first-order valence-corrected chi connectivity index (χ1v) is 17.7. The van der Waals surface area contributed by atoms with Crippen molar-refractivity contribution in [1.82, 2.24) is 0 Å². The Morgan fingerprint density at radius 2 is 1.69 bits per heavy atom. The van der Waals surface area contributed by atoms with Crippen LogP contribution in [0.3, 0.4) is 0 Å². The van der Waals surface area contributed by atoms with Gasteiger partial charge in [0, 0.05) is 29.0 Å². The third-order valence-electron chi connectivity index (χ3n) is 7.00. The van der Waals surface area contributed by atoms with Gasteiger partial charge in [-0.2, -0.15) is 0 Å². The standard InChI is InChI=1S/C28H46O5SSi2/c1-26(2,3)35-33-28(7,8)21(19-32-36(10,11)27(4,5)6)18-31-23-16-24(30-9)22(15-20(23)17-29)25-13-12-14-34-25/h12-17,21H,18-19,35H2,1-11H3. The SMILES string of the molecule is COc1cc(OCC(CO[Si](C)(C)C(C)(C)C)C(C)(C)O[SiH2]C(C)(C)C)c(C=O)cc1-c1cccs1. The molecular formula is C28H46O5SSi2. The van der Waals surface area contributed by atoms with Gasteiger partial charge >= 0.3 is 0 Å². The van der Waals surface area contributed by atoms with E-state index < -0.39 is 23.7 Å². The summed E-state index contributed by atoms with van der Waals surface area (Å²) < 4.78 is 25.2. The van der Waals surface area contributed by atoms with Crippen LogP contribution in [0, 0.1) is 5.92 Å². The van der Waals surface area contributed by atoms with Crippen molar-refractivity contribution in [2.75, 3.05) is 20.3 Å². The number of hydrogen-bond donors (Lipinski definition) is 0. The topological polar surface area (TPSA) is 54.0 Å². The number of benzene rings is 1. The lowest BCUT2D eigenvalue weighted by Gasteiger charge is -2.41. The summed E-state index contributed by atoms with van der Waals surface area (Å²) in [4.78, 5) is 13.1. The maximum atomic E-state index is 12.0. The van der Waals surface area contributed by atoms with Gasteiger partial charge in [-0.3, -0.25) is 4.79 Å². The molecule has 1 heterocycles. The zero-order chi connectivity index (χ0) is 27.4. The number of carbonyl (C=O) groups is 1. The van der Waals surface area contributed by atoms with Crippen LogP contribution in [0.2, 0.25) is 23.2 Å². The number of thiophene rings is 1. The Hall–Kier alpha value is -1.46. The normalized spacial score (nSPS) is 14.3. The third-order valence-corrected chi connectivity index (χ3v) is 14.2. The van der Waals surface area contributed by atoms with Gasteiger partial charge in [0.15, 0.2) is 24.4 Å². The van der Waals surface area contributed by atoms with Gasteiger partial charge in [0.1, 0.15) is 11.5 Å². The van der Waals surface area contributed by atoms with Gasteiger partial charge in [0.25, 0.3) is 0 Å². The number of methoxy groups -OCH3 is 1. The maximum Gasteiger partial charge on any atom is 0.191 e. The Bertz CT molecular complexity index is 989. The summed E-state index contributed by atoms with van der Waals surface area (Å²) in [6.45, 7) is 23.1. The van der Waals surface area contributed by atoms with Crippen molar-refractivity contribution < 1.29 is 23.1 Å². The smallest absolute Gasteiger partial charge is 0.191 e. The molecule has 5 nitrogen and oxygen atoms in total. The number of ether oxygens (including phenoxy) is 2. The van der Waals surface area contributed by atoms with Crippen molar-refractivity contribution in [3.05, 3.63) is 35.2 Å². The van der Waals surface area contributed by atoms with E-state index in [-0.39, 0.29) is 16.0 Å². The monoisotopic (exact) mass is 550 g/mol. The summed E-state index contributed by atoms with van der Waals surface area (Å²) in [5.74, 6) is 1.19. The second-order valence-electron chi connectivity index (χ2n) is 12.7. The minimum atomic E-state index is -1.96. The molecule has 0 aliphatic carbocycles. The van der Waals surface area contributed by atoms with E-state index in [1.54, 1.807) is 18.4 Å². The van der Waals surface area contributed by atoms with Crippen molar-refractivity contribution in [3.8, 4) is 21.9 Å². The van der Waals surface area contributed by atoms with E-state index in [9.17, 15) is 4.79 Å². The lowest BCUT2D eigenvalue weighted by Crippen LogP contribution is -2.47. The molecule has 1 unspecified atom stereocenters. The molecule has 1 aromatic carbocycles. The van der Waals surface area contributed by atoms with E-state index in [1.807, 2.05) is 29.6 Å². The van der Waals surface area contributed by atoms with Crippen LogP contribution < -0.4 is 9.47 Å². The number of hydrogen-bond acceptors (Lipinski definition) is 6. The van der Waals surface area contributed by atoms with Gasteiger partial charge in [0.2, 0.25) is 0 Å². The molecule has 2 rings (SSSR count). The molecule has 1 aromatic heterocycles. The zero-order valence-corrected chi connectivity index (χ0v) is 27.3. The molecule has 0 bridgehead atoms. The fourth-order valence-corrected chi connectivity index (χ4v) is 6.11. The molecule has 8 heteroatoms. The van der Waals surface area contributed by atoms with Crippen molar-refractivity contribution >= 4 is 35.7 Å². The Labute approximate surface area is 226 Å². The molecule has 0 N–H and O–H groups in total. The molecule has 0 spiro atoms. The lowest BCUT2D eigenvalue weighted by molar-refractivity contribution is -0.00625. The minimum absolute atomic E-state index is 0.0102. The lowest BCUT2D eigenvalue weighted by atomic mass is 9.92. The van der Waals surface area contributed by atoms with Crippen molar-refractivity contribution in [2.24, 2.45) is 5.92 Å². The summed E-state index contributed by atoms with van der Waals surface area (Å²) >= 11 is 1.61. The van der Waals surface area contributed by atoms with Gasteiger partial charge in [-0.05, 0) is 54.5 Å². The Morgan fingerprint density at radius 3 is 2.19 bits per heavy atom. The molecule has 0 aliphatic rings. The third kappa shape index (κ3) is 8.28. The molecule has 0 radical (unpaired) electrons. The quantitative estimate of drug-likeness (QED) is 0.204. The average molecular weight is 551 g/mol. The van der Waals surface area contributed by atoms with Crippen LogP contribution in [-0.4, -0.2) is 50.3 Å². The second-order valence-corrected chi connectivity index (χ2v) is 21.2. The number of rotatable bonds is 12. The van der Waals surface area contributed by atoms with Crippen LogP contribution in [0.15, 0.2) is 29.6 Å². The van der Waals surface area contributed by atoms with Gasteiger partial charge in [-0.25, -0.2) is 0 Å². The van der Waals surface area contributed by atoms with Crippen LogP contribution in [-0.2, 0) is 8.85 Å². The molecule has 36 heavy (non-hydrogen) atoms. The van der Waals surface area contributed by atoms with E-state index in [0.717, 1.165) is 16.7 Å². The van der Waals surface area contributed by atoms with Crippen LogP contribution in [0.5, 0.6) is 11.5 Å². The maximum absolute atomic E-state index is 12.0. The highest BCUT2D eigenvalue weighted by Crippen LogP contribution is 2.40. The fourth-order valence-electron chi connectivity index (χ4n) is 3.27. The summed E-state index contributed by atoms with van der Waals surface area (Å²) in [6, 6.07) is 7.68. The molecule has 0 saturated carbocycles. The fraction of sp³-hybridized carbons (Fsp3) is 0.607. The highest BCUT2D eigenvalue weighted by molar-refractivity contribution is 7.13. The van der Waals surface area contributed by atoms with Crippen LogP contribution >= 0.6 is 11.3 Å². The van der Waals surface area contributed by atoms with Gasteiger partial charge in [0.05, 0.1) is 24.9 Å². The molecule has 0 aliphatic heterocycles. The number of aldehydes is 1. The van der Waals surface area contributed by atoms with E-state index in [0.29, 0.717) is 30.3 Å². The predicted octanol–water partition coefficient (Wildman–Crippen LogP) is 7.35. The summed E-state index contributed by atoms with van der Waals surface area (Å²) in [7, 11) is -1.10. The number of carbonyl (C=O) groups excluding carboxylic acids is 1. The Balaban J connectivity index is 2.33. The molecule has 2 aromatic rings. The molecule has 0 saturated heterocycles. The van der Waals surface area contributed by atoms with Crippen molar-refractivity contribution in [2.45, 2.75) is 84.2 Å². The first kappa shape index (κ1) is 30.8. The van der Waals surface area contributed by atoms with Gasteiger partial charge in [-0.1, -0.05) is 47.6 Å². The summed E-state index contributed by atoms with van der Waals surface area (Å²) in [5.41, 5.74) is 0.968. The molecule has 202 valence electrons. The predicted molar refractivity (Wildman–Crippen MR) is 157 cm³/mol. The zero-order valence-electron chi connectivity index (χ0n) is 24.1. The Morgan fingerprint density at radius 1 is 1.03 bits per heavy atom. The van der Waals surface area contributed by atoms with Crippen molar-refractivity contribution in [1.29, 1.82) is 0 Å². The highest BCUT2D eigenvalue weighted by Gasteiger charge is 2.40. The molecular weight excluding hydrogens is 505 g/mol. The van der Waals surface area contributed by atoms with E-state index >= 15 is 0 Å². The molecule has 0 amide bonds. The van der Waals surface area contributed by atoms with Crippen molar-refractivity contribution in [3.63, 3.8) is 0 Å². The summed E-state index contributed by atoms with van der Waals surface area (Å²) in [6.07, 6.45) is 0.848. The molecule has 1 atom stereocenters. The second kappa shape index (κ2) is 11.9. The summed E-state index contributed by atoms with van der Waals surface area (Å²) in [5, 5.41) is 2.30. The van der Waals surface area contributed by atoms with E-state index in [1.165, 1.54) is 0 Å². The minimum Gasteiger partial charge on any atom is -0.496 e. The van der Waals surface area contributed by atoms with Crippen LogP contribution in [0.25, 0.3) is 10.4 Å². The van der Waals surface area contributed by atoms with Crippen LogP contribution in [0.1, 0.15) is 65.7 Å². The van der Waals surface area contributed by atoms with E-state index in [2.05, 4.69) is 68.5 Å². The van der Waals surface area contributed by atoms with Gasteiger partial charge in [-0.15, -0.1) is 11.3 Å². The first-order chi connectivity index (χ1) is 16.5. The highest BCUT2D eigenvalue weighted by atomic mass is 32.1.